The van der Waals surface area contributed by atoms with Crippen molar-refractivity contribution in [1.29, 1.82) is 0 Å². The van der Waals surface area contributed by atoms with Crippen molar-refractivity contribution in [2.24, 2.45) is 5.92 Å². The molecule has 0 aromatic heterocycles. The van der Waals surface area contributed by atoms with Gasteiger partial charge in [0.1, 0.15) is 5.82 Å². The molecule has 1 atom stereocenters. The number of halogens is 1. The molecule has 3 nitrogen and oxygen atoms in total. The molecule has 0 saturated carbocycles. The Bertz CT molecular complexity index is 500. The Hall–Kier alpha value is -0.970. The van der Waals surface area contributed by atoms with Crippen LogP contribution in [0.1, 0.15) is 25.3 Å². The standard InChI is InChI=1S/C18H27FN2O/c1-3-22-12-15-8-9-20(2)18(10-15)13-21(14-18)11-16-6-4-5-7-17(16)19/h4-7,15H,3,8-14H2,1-2H3/t15-/m1/s1. The fourth-order valence-electron chi connectivity index (χ4n) is 3.97. The lowest BCUT2D eigenvalue weighted by molar-refractivity contribution is -0.0924. The van der Waals surface area contributed by atoms with Crippen molar-refractivity contribution in [3.8, 4) is 0 Å². The molecular weight excluding hydrogens is 279 g/mol. The van der Waals surface area contributed by atoms with Crippen LogP contribution in [0.15, 0.2) is 24.3 Å². The van der Waals surface area contributed by atoms with Crippen LogP contribution >= 0.6 is 0 Å². The van der Waals surface area contributed by atoms with E-state index in [9.17, 15) is 4.39 Å². The van der Waals surface area contributed by atoms with E-state index < -0.39 is 0 Å². The zero-order chi connectivity index (χ0) is 15.6. The minimum absolute atomic E-state index is 0.0883. The zero-order valence-corrected chi connectivity index (χ0v) is 13.7. The SMILES string of the molecule is CCOC[C@@H]1CCN(C)C2(C1)CN(Cc1ccccc1F)C2. The van der Waals surface area contributed by atoms with Crippen molar-refractivity contribution in [3.05, 3.63) is 35.6 Å². The lowest BCUT2D eigenvalue weighted by Crippen LogP contribution is -2.71. The van der Waals surface area contributed by atoms with Crippen LogP contribution in [0, 0.1) is 11.7 Å². The van der Waals surface area contributed by atoms with E-state index in [-0.39, 0.29) is 11.4 Å². The highest BCUT2D eigenvalue weighted by Crippen LogP contribution is 2.39. The molecule has 2 fully saturated rings. The van der Waals surface area contributed by atoms with E-state index in [1.165, 1.54) is 12.8 Å². The summed E-state index contributed by atoms with van der Waals surface area (Å²) in [7, 11) is 2.23. The highest BCUT2D eigenvalue weighted by molar-refractivity contribution is 5.18. The molecule has 0 N–H and O–H groups in total. The summed E-state index contributed by atoms with van der Waals surface area (Å²) in [5.41, 5.74) is 1.09. The molecule has 1 spiro atoms. The van der Waals surface area contributed by atoms with Gasteiger partial charge in [-0.25, -0.2) is 4.39 Å². The first-order valence-corrected chi connectivity index (χ1v) is 8.38. The predicted octanol–water partition coefficient (Wildman–Crippen LogP) is 2.76. The normalized spacial score (nSPS) is 25.3. The van der Waals surface area contributed by atoms with Gasteiger partial charge in [0.25, 0.3) is 0 Å². The van der Waals surface area contributed by atoms with Crippen LogP contribution in [-0.2, 0) is 11.3 Å². The predicted molar refractivity (Wildman–Crippen MR) is 86.3 cm³/mol. The molecule has 0 amide bonds. The molecule has 2 saturated heterocycles. The number of hydrogen-bond donors (Lipinski definition) is 0. The van der Waals surface area contributed by atoms with E-state index in [1.807, 2.05) is 12.1 Å². The molecule has 1 aromatic carbocycles. The number of hydrogen-bond acceptors (Lipinski definition) is 3. The van der Waals surface area contributed by atoms with Gasteiger partial charge in [0.05, 0.1) is 0 Å². The number of nitrogens with zero attached hydrogens (tertiary/aromatic N) is 2. The third-order valence-corrected chi connectivity index (χ3v) is 5.30. The Morgan fingerprint density at radius 1 is 1.32 bits per heavy atom. The smallest absolute Gasteiger partial charge is 0.127 e. The Kier molecular flexibility index (Phi) is 4.81. The van der Waals surface area contributed by atoms with Crippen molar-refractivity contribution in [3.63, 3.8) is 0 Å². The quantitative estimate of drug-likeness (QED) is 0.832. The van der Waals surface area contributed by atoms with Crippen molar-refractivity contribution in [2.75, 3.05) is 39.9 Å². The van der Waals surface area contributed by atoms with E-state index in [4.69, 9.17) is 4.74 Å². The topological polar surface area (TPSA) is 15.7 Å². The highest BCUT2D eigenvalue weighted by Gasteiger charge is 2.49. The summed E-state index contributed by atoms with van der Waals surface area (Å²) in [5.74, 6) is 0.585. The van der Waals surface area contributed by atoms with Crippen molar-refractivity contribution in [1.82, 2.24) is 9.80 Å². The fourth-order valence-corrected chi connectivity index (χ4v) is 3.97. The van der Waals surface area contributed by atoms with Gasteiger partial charge in [-0.05, 0) is 45.3 Å². The van der Waals surface area contributed by atoms with Crippen LogP contribution < -0.4 is 0 Å². The van der Waals surface area contributed by atoms with Crippen LogP contribution in [0.5, 0.6) is 0 Å². The maximum atomic E-state index is 13.8. The van der Waals surface area contributed by atoms with E-state index in [1.54, 1.807) is 12.1 Å². The minimum atomic E-state index is -0.0883. The Balaban J connectivity index is 1.56. The number of piperidine rings is 1. The number of ether oxygens (including phenoxy) is 1. The lowest BCUT2D eigenvalue weighted by atomic mass is 9.75. The monoisotopic (exact) mass is 306 g/mol. The summed E-state index contributed by atoms with van der Waals surface area (Å²) in [4.78, 5) is 4.87. The van der Waals surface area contributed by atoms with Gasteiger partial charge in [0.15, 0.2) is 0 Å². The van der Waals surface area contributed by atoms with E-state index in [2.05, 4.69) is 23.8 Å². The number of benzene rings is 1. The molecule has 0 unspecified atom stereocenters. The molecule has 0 radical (unpaired) electrons. The molecular formula is C18H27FN2O. The molecule has 2 aliphatic heterocycles. The maximum absolute atomic E-state index is 13.8. The lowest BCUT2D eigenvalue weighted by Gasteiger charge is -2.58. The van der Waals surface area contributed by atoms with Crippen LogP contribution in [0.4, 0.5) is 4.39 Å². The second-order valence-electron chi connectivity index (χ2n) is 6.90. The summed E-state index contributed by atoms with van der Waals surface area (Å²) in [6, 6.07) is 7.11. The Morgan fingerprint density at radius 2 is 2.09 bits per heavy atom. The van der Waals surface area contributed by atoms with Gasteiger partial charge in [-0.2, -0.15) is 0 Å². The van der Waals surface area contributed by atoms with E-state index in [0.717, 1.165) is 45.0 Å². The molecule has 2 aliphatic rings. The van der Waals surface area contributed by atoms with Crippen LogP contribution in [0.25, 0.3) is 0 Å². The number of rotatable bonds is 5. The average molecular weight is 306 g/mol. The first-order valence-electron chi connectivity index (χ1n) is 8.38. The molecule has 0 bridgehead atoms. The van der Waals surface area contributed by atoms with E-state index >= 15 is 0 Å². The number of likely N-dealkylation sites (tertiary alicyclic amines) is 2. The van der Waals surface area contributed by atoms with E-state index in [0.29, 0.717) is 5.92 Å². The Morgan fingerprint density at radius 3 is 2.82 bits per heavy atom. The third kappa shape index (κ3) is 3.19. The van der Waals surface area contributed by atoms with Gasteiger partial charge in [-0.3, -0.25) is 9.80 Å². The first-order chi connectivity index (χ1) is 10.6. The molecule has 1 aromatic rings. The van der Waals surface area contributed by atoms with Crippen LogP contribution in [0.2, 0.25) is 0 Å². The van der Waals surface area contributed by atoms with Gasteiger partial charge in [-0.1, -0.05) is 18.2 Å². The molecule has 22 heavy (non-hydrogen) atoms. The summed E-state index contributed by atoms with van der Waals surface area (Å²) >= 11 is 0. The maximum Gasteiger partial charge on any atom is 0.127 e. The van der Waals surface area contributed by atoms with Gasteiger partial charge in [-0.15, -0.1) is 0 Å². The second-order valence-corrected chi connectivity index (χ2v) is 6.90. The van der Waals surface area contributed by atoms with Gasteiger partial charge in [0, 0.05) is 44.0 Å². The third-order valence-electron chi connectivity index (χ3n) is 5.30. The highest BCUT2D eigenvalue weighted by atomic mass is 19.1. The molecule has 2 heterocycles. The zero-order valence-electron chi connectivity index (χ0n) is 13.7. The molecule has 3 rings (SSSR count). The minimum Gasteiger partial charge on any atom is -0.381 e. The Labute approximate surface area is 133 Å². The second kappa shape index (κ2) is 6.65. The molecule has 4 heteroatoms. The van der Waals surface area contributed by atoms with Gasteiger partial charge >= 0.3 is 0 Å². The summed E-state index contributed by atoms with van der Waals surface area (Å²) in [5, 5.41) is 0. The van der Waals surface area contributed by atoms with Crippen LogP contribution in [-0.4, -0.2) is 55.2 Å². The molecule has 0 aliphatic carbocycles. The van der Waals surface area contributed by atoms with Crippen molar-refractivity contribution >= 4 is 0 Å². The summed E-state index contributed by atoms with van der Waals surface area (Å²) < 4.78 is 19.4. The summed E-state index contributed by atoms with van der Waals surface area (Å²) in [6.45, 7) is 7.70. The van der Waals surface area contributed by atoms with Gasteiger partial charge in [0.2, 0.25) is 0 Å². The van der Waals surface area contributed by atoms with Crippen LogP contribution in [0.3, 0.4) is 0 Å². The molecule has 122 valence electrons. The summed E-state index contributed by atoms with van der Waals surface area (Å²) in [6.07, 6.45) is 2.43. The number of likely N-dealkylation sites (N-methyl/N-ethyl adjacent to an activating group) is 1. The fraction of sp³-hybridized carbons (Fsp3) is 0.667. The van der Waals surface area contributed by atoms with Crippen molar-refractivity contribution in [2.45, 2.75) is 31.8 Å². The first kappa shape index (κ1) is 15.9. The van der Waals surface area contributed by atoms with Crippen molar-refractivity contribution < 1.29 is 9.13 Å². The largest absolute Gasteiger partial charge is 0.381 e. The van der Waals surface area contributed by atoms with Gasteiger partial charge < -0.3 is 4.74 Å². The average Bonchev–Trinajstić information content (AvgIpc) is 2.48.